The lowest BCUT2D eigenvalue weighted by molar-refractivity contribution is -0.149. The Bertz CT molecular complexity index is 1560. The van der Waals surface area contributed by atoms with E-state index < -0.39 is 60.2 Å². The van der Waals surface area contributed by atoms with E-state index in [0.717, 1.165) is 49.7 Å². The number of ether oxygens (including phenoxy) is 2. The van der Waals surface area contributed by atoms with Crippen molar-refractivity contribution in [2.24, 2.45) is 0 Å². The average Bonchev–Trinajstić information content (AvgIpc) is 3.28. The molecule has 352 valence electrons. The topological polar surface area (TPSA) is 177 Å². The number of carboxylic acids is 1. The first-order valence-corrected chi connectivity index (χ1v) is 24.1. The van der Waals surface area contributed by atoms with Gasteiger partial charge < -0.3 is 30.5 Å². The lowest BCUT2D eigenvalue weighted by atomic mass is 10.0. The summed E-state index contributed by atoms with van der Waals surface area (Å²) < 4.78 is 11.2. The van der Waals surface area contributed by atoms with Crippen LogP contribution in [0.2, 0.25) is 0 Å². The van der Waals surface area contributed by atoms with Crippen molar-refractivity contribution < 1.29 is 43.3 Å². The van der Waals surface area contributed by atoms with Crippen molar-refractivity contribution in [2.75, 3.05) is 13.2 Å². The van der Waals surface area contributed by atoms with Gasteiger partial charge in [0.1, 0.15) is 18.1 Å². The maximum absolute atomic E-state index is 14.2. The number of amides is 3. The van der Waals surface area contributed by atoms with Gasteiger partial charge in [0.25, 0.3) is 0 Å². The number of nitrogens with one attached hydrogen (secondary N) is 3. The molecule has 0 aromatic heterocycles. The number of carbonyl (C=O) groups excluding carboxylic acids is 5. The highest BCUT2D eigenvalue weighted by Crippen LogP contribution is 2.14. The third kappa shape index (κ3) is 27.8. The molecule has 0 heterocycles. The molecule has 0 spiro atoms. The van der Waals surface area contributed by atoms with Gasteiger partial charge in [0.05, 0.1) is 19.6 Å². The summed E-state index contributed by atoms with van der Waals surface area (Å²) in [6.45, 7) is 4.90. The highest BCUT2D eigenvalue weighted by Gasteiger charge is 2.31. The zero-order valence-electron chi connectivity index (χ0n) is 38.5. The molecule has 2 rings (SSSR count). The van der Waals surface area contributed by atoms with Gasteiger partial charge in [-0.1, -0.05) is 190 Å². The molecule has 0 fully saturated rings. The summed E-state index contributed by atoms with van der Waals surface area (Å²) >= 11 is 0. The second-order valence-electron chi connectivity index (χ2n) is 16.8. The summed E-state index contributed by atoms with van der Waals surface area (Å²) in [5.74, 6) is -4.23. The molecule has 3 atom stereocenters. The number of unbranched alkanes of at least 4 members (excludes halogenated alkanes) is 18. The molecule has 12 nitrogen and oxygen atoms in total. The Hall–Kier alpha value is -4.74. The number of carboxylic acid groups (broad SMARTS) is 1. The Balaban J connectivity index is 2.11. The van der Waals surface area contributed by atoms with Crippen LogP contribution in [0.3, 0.4) is 0 Å². The van der Waals surface area contributed by atoms with Crippen molar-refractivity contribution in [1.29, 1.82) is 0 Å². The Morgan fingerprint density at radius 1 is 0.476 bits per heavy atom. The van der Waals surface area contributed by atoms with Gasteiger partial charge in [0, 0.05) is 25.7 Å². The van der Waals surface area contributed by atoms with Crippen LogP contribution in [-0.4, -0.2) is 72.1 Å². The highest BCUT2D eigenvalue weighted by molar-refractivity contribution is 5.94. The van der Waals surface area contributed by atoms with E-state index in [1.807, 2.05) is 36.4 Å². The minimum absolute atomic E-state index is 0.0538. The van der Waals surface area contributed by atoms with Gasteiger partial charge in [0.15, 0.2) is 0 Å². The van der Waals surface area contributed by atoms with Crippen molar-refractivity contribution >= 4 is 35.6 Å². The summed E-state index contributed by atoms with van der Waals surface area (Å²) in [4.78, 5) is 78.5. The summed E-state index contributed by atoms with van der Waals surface area (Å²) in [7, 11) is 0. The average molecular weight is 878 g/mol. The quantitative estimate of drug-likeness (QED) is 0.0378. The Morgan fingerprint density at radius 2 is 0.873 bits per heavy atom. The van der Waals surface area contributed by atoms with Crippen molar-refractivity contribution in [3.8, 4) is 0 Å². The molecule has 63 heavy (non-hydrogen) atoms. The third-order valence-electron chi connectivity index (χ3n) is 11.2. The first kappa shape index (κ1) is 54.4. The SMILES string of the molecule is CCCCCCCCCCCCOC(=O)CCC(NC(=O)C(Cc1ccccc1)NC(=O)C(Cc1ccccc1)NC(=O)CCC(=O)O)C(=O)OCCCCCCCCCCCC. The van der Waals surface area contributed by atoms with Gasteiger partial charge in [-0.25, -0.2) is 4.79 Å². The van der Waals surface area contributed by atoms with Crippen LogP contribution >= 0.6 is 0 Å². The van der Waals surface area contributed by atoms with E-state index in [2.05, 4.69) is 29.8 Å². The van der Waals surface area contributed by atoms with Crippen LogP contribution in [0.4, 0.5) is 0 Å². The largest absolute Gasteiger partial charge is 0.481 e. The van der Waals surface area contributed by atoms with Gasteiger partial charge in [-0.05, 0) is 30.4 Å². The van der Waals surface area contributed by atoms with Gasteiger partial charge in [-0.3, -0.25) is 24.0 Å². The molecule has 0 saturated carbocycles. The molecular formula is C51H79N3O9. The number of benzene rings is 2. The smallest absolute Gasteiger partial charge is 0.328 e. The first-order chi connectivity index (χ1) is 30.6. The van der Waals surface area contributed by atoms with E-state index in [0.29, 0.717) is 6.42 Å². The number of esters is 2. The van der Waals surface area contributed by atoms with Crippen LogP contribution in [0.5, 0.6) is 0 Å². The van der Waals surface area contributed by atoms with Gasteiger partial charge in [-0.15, -0.1) is 0 Å². The molecule has 0 bridgehead atoms. The highest BCUT2D eigenvalue weighted by atomic mass is 16.5. The summed E-state index contributed by atoms with van der Waals surface area (Å²) in [5.41, 5.74) is 1.48. The lowest BCUT2D eigenvalue weighted by Crippen LogP contribution is -2.57. The van der Waals surface area contributed by atoms with Crippen molar-refractivity contribution in [1.82, 2.24) is 16.0 Å². The zero-order valence-corrected chi connectivity index (χ0v) is 38.5. The second-order valence-corrected chi connectivity index (χ2v) is 16.8. The fourth-order valence-electron chi connectivity index (χ4n) is 7.37. The molecule has 0 aliphatic heterocycles. The number of carbonyl (C=O) groups is 6. The van der Waals surface area contributed by atoms with Crippen LogP contribution < -0.4 is 16.0 Å². The molecule has 0 aliphatic carbocycles. The van der Waals surface area contributed by atoms with E-state index in [9.17, 15) is 28.8 Å². The second kappa shape index (κ2) is 35.7. The maximum Gasteiger partial charge on any atom is 0.328 e. The molecule has 4 N–H and O–H groups in total. The van der Waals surface area contributed by atoms with E-state index in [1.165, 1.54) is 83.5 Å². The summed E-state index contributed by atoms with van der Waals surface area (Å²) in [5, 5.41) is 17.3. The number of hydrogen-bond acceptors (Lipinski definition) is 8. The zero-order chi connectivity index (χ0) is 45.8. The van der Waals surface area contributed by atoms with E-state index in [1.54, 1.807) is 24.3 Å². The molecule has 12 heteroatoms. The Kier molecular flexibility index (Phi) is 30.8. The molecule has 0 saturated heterocycles. The van der Waals surface area contributed by atoms with Crippen LogP contribution in [0, 0.1) is 0 Å². The van der Waals surface area contributed by atoms with Crippen molar-refractivity contribution in [2.45, 2.75) is 199 Å². The fourth-order valence-corrected chi connectivity index (χ4v) is 7.37. The standard InChI is InChI=1S/C51H79N3O9/c1-3-5-7-9-11-13-15-17-19-27-37-62-48(58)36-33-43(51(61)63-38-28-20-18-16-14-12-10-8-6-4-2)53-50(60)45(40-42-31-25-22-26-32-42)54-49(59)44(39-41-29-23-21-24-30-41)52-46(55)34-35-47(56)57/h21-26,29-32,43-45H,3-20,27-28,33-40H2,1-2H3,(H,52,55)(H,53,60)(H,54,59)(H,56,57). The Labute approximate surface area is 377 Å². The molecular weight excluding hydrogens is 799 g/mol. The molecule has 2 aromatic rings. The monoisotopic (exact) mass is 878 g/mol. The van der Waals surface area contributed by atoms with Crippen molar-refractivity contribution in [3.63, 3.8) is 0 Å². The number of rotatable bonds is 38. The molecule has 3 amide bonds. The Morgan fingerprint density at radius 3 is 1.32 bits per heavy atom. The van der Waals surface area contributed by atoms with Crippen LogP contribution in [-0.2, 0) is 51.1 Å². The molecule has 3 unspecified atom stereocenters. The van der Waals surface area contributed by atoms with Gasteiger partial charge >= 0.3 is 17.9 Å². The maximum atomic E-state index is 14.2. The third-order valence-corrected chi connectivity index (χ3v) is 11.2. The minimum atomic E-state index is -1.19. The van der Waals surface area contributed by atoms with Crippen LogP contribution in [0.15, 0.2) is 60.7 Å². The summed E-state index contributed by atoms with van der Waals surface area (Å²) in [6, 6.07) is 14.6. The van der Waals surface area contributed by atoms with Crippen molar-refractivity contribution in [3.05, 3.63) is 71.8 Å². The van der Waals surface area contributed by atoms with E-state index in [4.69, 9.17) is 14.6 Å². The number of hydrogen-bond donors (Lipinski definition) is 4. The van der Waals surface area contributed by atoms with Gasteiger partial charge in [0.2, 0.25) is 17.7 Å². The van der Waals surface area contributed by atoms with Crippen LogP contribution in [0.1, 0.15) is 179 Å². The normalized spacial score (nSPS) is 12.4. The predicted octanol–water partition coefficient (Wildman–Crippen LogP) is 9.50. The first-order valence-electron chi connectivity index (χ1n) is 24.1. The molecule has 0 aliphatic rings. The predicted molar refractivity (Wildman–Crippen MR) is 248 cm³/mol. The van der Waals surface area contributed by atoms with Crippen LogP contribution in [0.25, 0.3) is 0 Å². The summed E-state index contributed by atoms with van der Waals surface area (Å²) in [6.07, 6.45) is 22.1. The molecule has 0 radical (unpaired) electrons. The number of aliphatic carboxylic acids is 1. The lowest BCUT2D eigenvalue weighted by Gasteiger charge is -2.25. The van der Waals surface area contributed by atoms with Gasteiger partial charge in [-0.2, -0.15) is 0 Å². The van der Waals surface area contributed by atoms with E-state index in [-0.39, 0.29) is 45.3 Å². The molecule has 2 aromatic carbocycles. The minimum Gasteiger partial charge on any atom is -0.481 e. The fraction of sp³-hybridized carbons (Fsp3) is 0.647. The van der Waals surface area contributed by atoms with E-state index >= 15 is 0 Å².